The predicted octanol–water partition coefficient (Wildman–Crippen LogP) is 3.52. The summed E-state index contributed by atoms with van der Waals surface area (Å²) < 4.78 is 26.0. The molecule has 3 nitrogen and oxygen atoms in total. The molecule has 0 bridgehead atoms. The molecule has 0 saturated heterocycles. The Labute approximate surface area is 95.5 Å². The first-order chi connectivity index (χ1) is 7.56. The first-order valence-electron chi connectivity index (χ1n) is 4.42. The molecule has 0 aliphatic carbocycles. The van der Waals surface area contributed by atoms with E-state index in [1.165, 1.54) is 12.2 Å². The van der Waals surface area contributed by atoms with Gasteiger partial charge in [-0.2, -0.15) is 4.39 Å². The summed E-state index contributed by atoms with van der Waals surface area (Å²) in [6, 6.07) is 1.39. The molecule has 0 amide bonds. The van der Waals surface area contributed by atoms with Crippen LogP contribution in [0.1, 0.15) is 12.0 Å². The highest BCUT2D eigenvalue weighted by Crippen LogP contribution is 2.25. The van der Waals surface area contributed by atoms with E-state index in [0.717, 1.165) is 6.07 Å². The number of benzene rings is 1. The largest absolute Gasteiger partial charge is 0.312 e. The number of alkyl halides is 1. The van der Waals surface area contributed by atoms with Crippen molar-refractivity contribution in [3.05, 3.63) is 45.5 Å². The Morgan fingerprint density at radius 1 is 1.44 bits per heavy atom. The van der Waals surface area contributed by atoms with Gasteiger partial charge in [-0.1, -0.05) is 12.2 Å². The number of nitro groups is 1. The fourth-order valence-corrected chi connectivity index (χ4v) is 1.30. The van der Waals surface area contributed by atoms with Crippen LogP contribution in [0, 0.1) is 21.7 Å². The van der Waals surface area contributed by atoms with Crippen molar-refractivity contribution in [1.29, 1.82) is 0 Å². The standard InChI is InChI=1S/C10H8ClF2NO2/c11-4-2-1-3-7-5-8(12)6-9(13)10(7)14(15)16/h1,3,5-6H,2,4H2. The Bertz CT molecular complexity index is 435. The zero-order valence-electron chi connectivity index (χ0n) is 8.12. The SMILES string of the molecule is O=[N+]([O-])c1c(F)cc(F)cc1C=CCCCl. The molecule has 0 heterocycles. The average Bonchev–Trinajstić information content (AvgIpc) is 2.16. The predicted molar refractivity (Wildman–Crippen MR) is 57.4 cm³/mol. The fraction of sp³-hybridized carbons (Fsp3) is 0.200. The van der Waals surface area contributed by atoms with E-state index in [1.807, 2.05) is 0 Å². The Kier molecular flexibility index (Phi) is 4.37. The van der Waals surface area contributed by atoms with Crippen molar-refractivity contribution in [3.8, 4) is 0 Å². The molecule has 0 atom stereocenters. The van der Waals surface area contributed by atoms with Crippen LogP contribution in [0.25, 0.3) is 6.08 Å². The molecule has 0 aliphatic rings. The Morgan fingerprint density at radius 2 is 2.12 bits per heavy atom. The van der Waals surface area contributed by atoms with Crippen LogP contribution in [-0.4, -0.2) is 10.8 Å². The maximum atomic E-state index is 13.1. The van der Waals surface area contributed by atoms with Gasteiger partial charge in [0.2, 0.25) is 5.82 Å². The maximum absolute atomic E-state index is 13.1. The van der Waals surface area contributed by atoms with Crippen molar-refractivity contribution in [2.24, 2.45) is 0 Å². The van der Waals surface area contributed by atoms with E-state index in [2.05, 4.69) is 0 Å². The van der Waals surface area contributed by atoms with Crippen LogP contribution in [-0.2, 0) is 0 Å². The van der Waals surface area contributed by atoms with E-state index >= 15 is 0 Å². The van der Waals surface area contributed by atoms with Gasteiger partial charge in [0.15, 0.2) is 0 Å². The number of allylic oxidation sites excluding steroid dienone is 1. The van der Waals surface area contributed by atoms with Gasteiger partial charge in [0, 0.05) is 11.9 Å². The van der Waals surface area contributed by atoms with Gasteiger partial charge in [-0.3, -0.25) is 10.1 Å². The summed E-state index contributed by atoms with van der Waals surface area (Å²) in [4.78, 5) is 9.69. The monoisotopic (exact) mass is 247 g/mol. The van der Waals surface area contributed by atoms with E-state index in [0.29, 0.717) is 18.4 Å². The zero-order chi connectivity index (χ0) is 12.1. The van der Waals surface area contributed by atoms with Crippen LogP contribution in [0.5, 0.6) is 0 Å². The van der Waals surface area contributed by atoms with Gasteiger partial charge in [0.05, 0.1) is 10.5 Å². The molecule has 0 spiro atoms. The highest BCUT2D eigenvalue weighted by Gasteiger charge is 2.19. The molecule has 1 aromatic rings. The molecule has 0 radical (unpaired) electrons. The van der Waals surface area contributed by atoms with Gasteiger partial charge in [-0.15, -0.1) is 11.6 Å². The Morgan fingerprint density at radius 3 is 2.69 bits per heavy atom. The molecule has 0 aliphatic heterocycles. The minimum atomic E-state index is -1.18. The van der Waals surface area contributed by atoms with Crippen LogP contribution in [0.3, 0.4) is 0 Å². The van der Waals surface area contributed by atoms with Crippen LogP contribution >= 0.6 is 11.6 Å². The molecular formula is C10H8ClF2NO2. The smallest absolute Gasteiger partial charge is 0.258 e. The van der Waals surface area contributed by atoms with Crippen LogP contribution in [0.15, 0.2) is 18.2 Å². The van der Waals surface area contributed by atoms with Gasteiger partial charge >= 0.3 is 5.69 Å². The minimum absolute atomic E-state index is 0.104. The Balaban J connectivity index is 3.19. The third-order valence-corrected chi connectivity index (χ3v) is 2.03. The van der Waals surface area contributed by atoms with Crippen molar-refractivity contribution in [2.75, 3.05) is 5.88 Å². The van der Waals surface area contributed by atoms with Gasteiger partial charge in [-0.05, 0) is 12.5 Å². The van der Waals surface area contributed by atoms with Crippen molar-refractivity contribution >= 4 is 23.4 Å². The lowest BCUT2D eigenvalue weighted by molar-refractivity contribution is -0.387. The second-order valence-corrected chi connectivity index (χ2v) is 3.34. The third kappa shape index (κ3) is 3.00. The van der Waals surface area contributed by atoms with Crippen molar-refractivity contribution in [1.82, 2.24) is 0 Å². The summed E-state index contributed by atoms with van der Waals surface area (Å²) in [6.45, 7) is 0. The van der Waals surface area contributed by atoms with E-state index < -0.39 is 22.2 Å². The second kappa shape index (κ2) is 5.55. The first-order valence-corrected chi connectivity index (χ1v) is 4.95. The number of halogens is 3. The molecular weight excluding hydrogens is 240 g/mol. The summed E-state index contributed by atoms with van der Waals surface area (Å²) in [5.74, 6) is -1.70. The van der Waals surface area contributed by atoms with Crippen LogP contribution in [0.2, 0.25) is 0 Å². The molecule has 0 unspecified atom stereocenters. The molecule has 1 rings (SSSR count). The highest BCUT2D eigenvalue weighted by atomic mass is 35.5. The molecule has 0 saturated carbocycles. The molecule has 0 fully saturated rings. The molecule has 86 valence electrons. The van der Waals surface area contributed by atoms with Crippen molar-refractivity contribution in [3.63, 3.8) is 0 Å². The van der Waals surface area contributed by atoms with E-state index in [1.54, 1.807) is 0 Å². The summed E-state index contributed by atoms with van der Waals surface area (Å²) >= 11 is 5.40. The third-order valence-electron chi connectivity index (χ3n) is 1.81. The molecule has 6 heteroatoms. The van der Waals surface area contributed by atoms with Gasteiger partial charge in [-0.25, -0.2) is 4.39 Å². The van der Waals surface area contributed by atoms with Crippen molar-refractivity contribution < 1.29 is 13.7 Å². The van der Waals surface area contributed by atoms with E-state index in [9.17, 15) is 18.9 Å². The number of nitrogens with zero attached hydrogens (tertiary/aromatic N) is 1. The highest BCUT2D eigenvalue weighted by molar-refractivity contribution is 6.17. The van der Waals surface area contributed by atoms with Gasteiger partial charge < -0.3 is 0 Å². The fourth-order valence-electron chi connectivity index (χ4n) is 1.18. The molecule has 0 aromatic heterocycles. The number of rotatable bonds is 4. The number of hydrogen-bond donors (Lipinski definition) is 0. The quantitative estimate of drug-likeness (QED) is 0.464. The molecule has 16 heavy (non-hydrogen) atoms. The first kappa shape index (κ1) is 12.6. The second-order valence-electron chi connectivity index (χ2n) is 2.96. The number of hydrogen-bond acceptors (Lipinski definition) is 2. The summed E-state index contributed by atoms with van der Waals surface area (Å²) in [5, 5.41) is 10.6. The molecule has 0 N–H and O–H groups in total. The molecule has 1 aromatic carbocycles. The van der Waals surface area contributed by atoms with Gasteiger partial charge in [0.1, 0.15) is 5.82 Å². The summed E-state index contributed by atoms with van der Waals surface area (Å²) in [5.41, 5.74) is -0.833. The lowest BCUT2D eigenvalue weighted by Gasteiger charge is -1.99. The normalized spacial score (nSPS) is 10.9. The average molecular weight is 248 g/mol. The van der Waals surface area contributed by atoms with E-state index in [-0.39, 0.29) is 5.56 Å². The minimum Gasteiger partial charge on any atom is -0.258 e. The topological polar surface area (TPSA) is 43.1 Å². The van der Waals surface area contributed by atoms with Crippen LogP contribution in [0.4, 0.5) is 14.5 Å². The lowest BCUT2D eigenvalue weighted by Crippen LogP contribution is -1.97. The number of nitro benzene ring substituents is 1. The summed E-state index contributed by atoms with van der Waals surface area (Å²) in [6.07, 6.45) is 3.28. The Hall–Kier alpha value is -1.49. The maximum Gasteiger partial charge on any atom is 0.312 e. The van der Waals surface area contributed by atoms with Crippen LogP contribution < -0.4 is 0 Å². The zero-order valence-corrected chi connectivity index (χ0v) is 8.88. The summed E-state index contributed by atoms with van der Waals surface area (Å²) in [7, 11) is 0. The lowest BCUT2D eigenvalue weighted by atomic mass is 10.1. The van der Waals surface area contributed by atoms with Gasteiger partial charge in [0.25, 0.3) is 0 Å². The van der Waals surface area contributed by atoms with E-state index in [4.69, 9.17) is 11.6 Å². The van der Waals surface area contributed by atoms with Crippen molar-refractivity contribution in [2.45, 2.75) is 6.42 Å².